The second-order valence-corrected chi connectivity index (χ2v) is 5.28. The summed E-state index contributed by atoms with van der Waals surface area (Å²) in [4.78, 5) is 9.16. The number of halogens is 1. The summed E-state index contributed by atoms with van der Waals surface area (Å²) in [6.45, 7) is 6.70. The Kier molecular flexibility index (Phi) is 4.23. The molecule has 0 aliphatic carbocycles. The molecule has 3 nitrogen and oxygen atoms in total. The van der Waals surface area contributed by atoms with Crippen LogP contribution in [0.4, 0.5) is 0 Å². The molecular formula is C14H20ClN3. The van der Waals surface area contributed by atoms with Gasteiger partial charge in [-0.15, -0.1) is 11.6 Å². The Bertz CT molecular complexity index is 519. The quantitative estimate of drug-likeness (QED) is 0.770. The van der Waals surface area contributed by atoms with Crippen molar-refractivity contribution in [3.8, 4) is 0 Å². The Morgan fingerprint density at radius 3 is 2.78 bits per heavy atom. The topological polar surface area (TPSA) is 30.7 Å². The summed E-state index contributed by atoms with van der Waals surface area (Å²) in [5.41, 5.74) is 1.95. The molecule has 2 heterocycles. The van der Waals surface area contributed by atoms with Crippen LogP contribution in [-0.4, -0.2) is 20.4 Å². The minimum absolute atomic E-state index is 0.433. The number of nitrogens with zero attached hydrogens (tertiary/aromatic N) is 3. The largest absolute Gasteiger partial charge is 0.309 e. The normalized spacial score (nSPS) is 13.4. The van der Waals surface area contributed by atoms with Gasteiger partial charge in [0.05, 0.1) is 0 Å². The first-order valence-electron chi connectivity index (χ1n) is 6.56. The zero-order chi connectivity index (χ0) is 13.1. The first-order chi connectivity index (χ1) is 8.69. The molecule has 0 saturated carbocycles. The standard InChI is InChI=1S/C14H20ClN3/c1-4-12(10(2)3)18-13(7-8-15)17-11-6-5-9-16-14(11)18/h5-6,9-10,12H,4,7-8H2,1-3H3. The number of alkyl halides is 1. The Morgan fingerprint density at radius 2 is 2.17 bits per heavy atom. The predicted molar refractivity (Wildman–Crippen MR) is 76.1 cm³/mol. The van der Waals surface area contributed by atoms with Gasteiger partial charge in [-0.3, -0.25) is 0 Å². The van der Waals surface area contributed by atoms with Crippen molar-refractivity contribution in [3.05, 3.63) is 24.2 Å². The lowest BCUT2D eigenvalue weighted by Gasteiger charge is -2.23. The van der Waals surface area contributed by atoms with Crippen LogP contribution in [0.15, 0.2) is 18.3 Å². The minimum Gasteiger partial charge on any atom is -0.309 e. The highest BCUT2D eigenvalue weighted by Gasteiger charge is 2.20. The molecule has 0 saturated heterocycles. The van der Waals surface area contributed by atoms with Gasteiger partial charge < -0.3 is 4.57 Å². The van der Waals surface area contributed by atoms with E-state index in [9.17, 15) is 0 Å². The van der Waals surface area contributed by atoms with E-state index in [0.29, 0.717) is 17.8 Å². The molecule has 98 valence electrons. The maximum atomic E-state index is 5.89. The molecule has 1 unspecified atom stereocenters. The molecule has 2 aromatic heterocycles. The van der Waals surface area contributed by atoms with E-state index in [0.717, 1.165) is 29.8 Å². The van der Waals surface area contributed by atoms with Crippen LogP contribution in [0.3, 0.4) is 0 Å². The van der Waals surface area contributed by atoms with Gasteiger partial charge in [-0.1, -0.05) is 20.8 Å². The molecule has 4 heteroatoms. The van der Waals surface area contributed by atoms with Gasteiger partial charge in [0.2, 0.25) is 0 Å². The molecule has 0 amide bonds. The van der Waals surface area contributed by atoms with Gasteiger partial charge >= 0.3 is 0 Å². The van der Waals surface area contributed by atoms with Gasteiger partial charge in [0.25, 0.3) is 0 Å². The van der Waals surface area contributed by atoms with Gasteiger partial charge in [0, 0.05) is 24.5 Å². The lowest BCUT2D eigenvalue weighted by molar-refractivity contribution is 0.363. The summed E-state index contributed by atoms with van der Waals surface area (Å²) in [5, 5.41) is 0. The highest BCUT2D eigenvalue weighted by atomic mass is 35.5. The van der Waals surface area contributed by atoms with Crippen molar-refractivity contribution in [1.82, 2.24) is 14.5 Å². The van der Waals surface area contributed by atoms with Gasteiger partial charge in [0.15, 0.2) is 5.65 Å². The maximum Gasteiger partial charge on any atom is 0.160 e. The molecule has 0 aliphatic rings. The first kappa shape index (κ1) is 13.3. The van der Waals surface area contributed by atoms with Crippen LogP contribution in [-0.2, 0) is 6.42 Å². The van der Waals surface area contributed by atoms with Crippen LogP contribution in [0.1, 0.15) is 39.1 Å². The summed E-state index contributed by atoms with van der Waals surface area (Å²) in [7, 11) is 0. The highest BCUT2D eigenvalue weighted by molar-refractivity contribution is 6.17. The van der Waals surface area contributed by atoms with Crippen molar-refractivity contribution in [2.24, 2.45) is 5.92 Å². The monoisotopic (exact) mass is 265 g/mol. The number of imidazole rings is 1. The molecule has 0 N–H and O–H groups in total. The number of pyridine rings is 1. The van der Waals surface area contributed by atoms with E-state index < -0.39 is 0 Å². The van der Waals surface area contributed by atoms with Crippen LogP contribution in [0, 0.1) is 5.92 Å². The fourth-order valence-electron chi connectivity index (χ4n) is 2.54. The van der Waals surface area contributed by atoms with Crippen LogP contribution in [0.25, 0.3) is 11.2 Å². The Morgan fingerprint density at radius 1 is 1.39 bits per heavy atom. The Balaban J connectivity index is 2.60. The van der Waals surface area contributed by atoms with E-state index in [4.69, 9.17) is 11.6 Å². The second kappa shape index (κ2) is 5.70. The molecule has 2 aromatic rings. The lowest BCUT2D eigenvalue weighted by atomic mass is 10.0. The Labute approximate surface area is 113 Å². The summed E-state index contributed by atoms with van der Waals surface area (Å²) in [6, 6.07) is 4.38. The minimum atomic E-state index is 0.433. The molecule has 1 atom stereocenters. The van der Waals surface area contributed by atoms with E-state index in [2.05, 4.69) is 35.3 Å². The Hall–Kier alpha value is -1.09. The molecule has 2 rings (SSSR count). The third-order valence-corrected chi connectivity index (χ3v) is 3.55. The van der Waals surface area contributed by atoms with Gasteiger partial charge in [-0.25, -0.2) is 9.97 Å². The summed E-state index contributed by atoms with van der Waals surface area (Å²) in [5.74, 6) is 2.21. The van der Waals surface area contributed by atoms with Gasteiger partial charge in [-0.05, 0) is 24.5 Å². The van der Waals surface area contributed by atoms with E-state index in [1.54, 1.807) is 0 Å². The summed E-state index contributed by atoms with van der Waals surface area (Å²) in [6.07, 6.45) is 3.70. The molecule has 18 heavy (non-hydrogen) atoms. The van der Waals surface area contributed by atoms with Crippen molar-refractivity contribution in [3.63, 3.8) is 0 Å². The van der Waals surface area contributed by atoms with Crippen LogP contribution in [0.5, 0.6) is 0 Å². The fourth-order valence-corrected chi connectivity index (χ4v) is 2.71. The van der Waals surface area contributed by atoms with Crippen molar-refractivity contribution in [2.75, 3.05) is 5.88 Å². The van der Waals surface area contributed by atoms with Crippen molar-refractivity contribution in [1.29, 1.82) is 0 Å². The lowest BCUT2D eigenvalue weighted by Crippen LogP contribution is -2.17. The molecule has 0 aromatic carbocycles. The van der Waals surface area contributed by atoms with E-state index in [-0.39, 0.29) is 0 Å². The van der Waals surface area contributed by atoms with Gasteiger partial charge in [0.1, 0.15) is 11.3 Å². The van der Waals surface area contributed by atoms with Crippen LogP contribution in [0.2, 0.25) is 0 Å². The van der Waals surface area contributed by atoms with Crippen molar-refractivity contribution < 1.29 is 0 Å². The fraction of sp³-hybridized carbons (Fsp3) is 0.571. The smallest absolute Gasteiger partial charge is 0.160 e. The number of hydrogen-bond donors (Lipinski definition) is 0. The molecule has 0 bridgehead atoms. The summed E-state index contributed by atoms with van der Waals surface area (Å²) >= 11 is 5.89. The number of aromatic nitrogens is 3. The molecule has 0 spiro atoms. The zero-order valence-electron chi connectivity index (χ0n) is 11.2. The zero-order valence-corrected chi connectivity index (χ0v) is 12.0. The molecular weight excluding hydrogens is 246 g/mol. The van der Waals surface area contributed by atoms with Crippen molar-refractivity contribution in [2.45, 2.75) is 39.7 Å². The summed E-state index contributed by atoms with van der Waals surface area (Å²) < 4.78 is 2.28. The highest BCUT2D eigenvalue weighted by Crippen LogP contribution is 2.27. The predicted octanol–water partition coefficient (Wildman–Crippen LogP) is 3.82. The van der Waals surface area contributed by atoms with Crippen molar-refractivity contribution >= 4 is 22.8 Å². The maximum absolute atomic E-state index is 5.89. The third-order valence-electron chi connectivity index (χ3n) is 3.36. The van der Waals surface area contributed by atoms with Crippen LogP contribution >= 0.6 is 11.6 Å². The molecule has 0 aliphatic heterocycles. The average molecular weight is 266 g/mol. The average Bonchev–Trinajstić information content (AvgIpc) is 2.69. The van der Waals surface area contributed by atoms with Gasteiger partial charge in [-0.2, -0.15) is 0 Å². The SMILES string of the molecule is CCC(C(C)C)n1c(CCCl)nc2cccnc21. The molecule has 0 radical (unpaired) electrons. The van der Waals surface area contributed by atoms with Crippen LogP contribution < -0.4 is 0 Å². The van der Waals surface area contributed by atoms with E-state index >= 15 is 0 Å². The number of hydrogen-bond acceptors (Lipinski definition) is 2. The molecule has 0 fully saturated rings. The second-order valence-electron chi connectivity index (χ2n) is 4.90. The number of aryl methyl sites for hydroxylation is 1. The van der Waals surface area contributed by atoms with E-state index in [1.165, 1.54) is 0 Å². The van der Waals surface area contributed by atoms with E-state index in [1.807, 2.05) is 18.3 Å². The number of fused-ring (bicyclic) bond motifs is 1. The number of rotatable bonds is 5. The first-order valence-corrected chi connectivity index (χ1v) is 7.10. The third kappa shape index (κ3) is 2.37.